The van der Waals surface area contributed by atoms with E-state index in [2.05, 4.69) is 29.9 Å². The van der Waals surface area contributed by atoms with E-state index in [-0.39, 0.29) is 36.2 Å². The Morgan fingerprint density at radius 3 is 2.05 bits per heavy atom. The number of ether oxygens (including phenoxy) is 4. The molecular weight excluding hydrogens is 260 g/mol. The Labute approximate surface area is 107 Å². The minimum Gasteiger partial charge on any atom is -0.475 e. The molecule has 19 heavy (non-hydrogen) atoms. The maximum absolute atomic E-state index is 5.41. The normalized spacial score (nSPS) is 11.9. The highest BCUT2D eigenvalue weighted by Crippen LogP contribution is 2.23. The van der Waals surface area contributed by atoms with E-state index in [1.807, 2.05) is 0 Å². The molecule has 2 heterocycles. The van der Waals surface area contributed by atoms with Crippen LogP contribution in [0.15, 0.2) is 9.26 Å². The zero-order chi connectivity index (χ0) is 13.7. The molecular formula is C9H12N4O6. The van der Waals surface area contributed by atoms with E-state index in [4.69, 9.17) is 18.9 Å². The van der Waals surface area contributed by atoms with E-state index in [1.54, 1.807) is 6.92 Å². The fourth-order valence-electron chi connectivity index (χ4n) is 1.18. The first-order chi connectivity index (χ1) is 9.24. The lowest BCUT2D eigenvalue weighted by Gasteiger charge is -2.12. The minimum atomic E-state index is -0.359. The Balaban J connectivity index is 1.86. The number of aromatic nitrogens is 4. The highest BCUT2D eigenvalue weighted by Gasteiger charge is 2.18. The van der Waals surface area contributed by atoms with Crippen LogP contribution in [0.1, 0.15) is 6.92 Å². The summed E-state index contributed by atoms with van der Waals surface area (Å²) in [5.41, 5.74) is 0. The van der Waals surface area contributed by atoms with Gasteiger partial charge in [0, 0.05) is 0 Å². The summed E-state index contributed by atoms with van der Waals surface area (Å²) < 4.78 is 29.4. The molecule has 0 spiro atoms. The van der Waals surface area contributed by atoms with Crippen molar-refractivity contribution in [2.45, 2.75) is 13.0 Å². The van der Waals surface area contributed by atoms with Crippen molar-refractivity contribution in [1.82, 2.24) is 20.6 Å². The van der Waals surface area contributed by atoms with Crippen LogP contribution in [-0.2, 0) is 0 Å². The van der Waals surface area contributed by atoms with Crippen LogP contribution in [0, 0.1) is 0 Å². The summed E-state index contributed by atoms with van der Waals surface area (Å²) in [5, 5.41) is 14.1. The fourth-order valence-corrected chi connectivity index (χ4v) is 1.18. The van der Waals surface area contributed by atoms with Gasteiger partial charge >= 0.3 is 23.5 Å². The van der Waals surface area contributed by atoms with Crippen LogP contribution in [0.25, 0.3) is 0 Å². The monoisotopic (exact) mass is 272 g/mol. The van der Waals surface area contributed by atoms with E-state index in [1.165, 1.54) is 14.2 Å². The molecule has 104 valence electrons. The van der Waals surface area contributed by atoms with E-state index in [9.17, 15) is 0 Å². The van der Waals surface area contributed by atoms with Crippen molar-refractivity contribution < 1.29 is 28.2 Å². The van der Waals surface area contributed by atoms with Gasteiger partial charge in [0.15, 0.2) is 0 Å². The lowest BCUT2D eigenvalue weighted by atomic mass is 10.4. The molecule has 0 N–H and O–H groups in total. The maximum Gasteiger partial charge on any atom is 0.320 e. The van der Waals surface area contributed by atoms with Gasteiger partial charge in [0.2, 0.25) is 0 Å². The highest BCUT2D eigenvalue weighted by atomic mass is 16.7. The Morgan fingerprint density at radius 1 is 0.895 bits per heavy atom. The summed E-state index contributed by atoms with van der Waals surface area (Å²) in [4.78, 5) is 0. The molecule has 0 aliphatic rings. The highest BCUT2D eigenvalue weighted by molar-refractivity contribution is 5.22. The second-order valence-electron chi connectivity index (χ2n) is 3.40. The number of methoxy groups -OCH3 is 2. The van der Waals surface area contributed by atoms with Gasteiger partial charge in [-0.15, -0.1) is 0 Å². The molecule has 0 aromatic carbocycles. The molecule has 2 aromatic heterocycles. The van der Waals surface area contributed by atoms with Gasteiger partial charge in [-0.1, -0.05) is 0 Å². The number of nitrogens with zero attached hydrogens (tertiary/aromatic N) is 4. The summed E-state index contributed by atoms with van der Waals surface area (Å²) in [6.07, 6.45) is -0.359. The lowest BCUT2D eigenvalue weighted by Crippen LogP contribution is -2.21. The molecule has 1 atom stereocenters. The molecule has 0 radical (unpaired) electrons. The molecule has 2 rings (SSSR count). The molecule has 1 unspecified atom stereocenters. The van der Waals surface area contributed by atoms with Gasteiger partial charge < -0.3 is 18.9 Å². The molecule has 0 bridgehead atoms. The molecule has 0 saturated heterocycles. The van der Waals surface area contributed by atoms with E-state index >= 15 is 0 Å². The summed E-state index contributed by atoms with van der Waals surface area (Å²) >= 11 is 0. The maximum atomic E-state index is 5.41. The van der Waals surface area contributed by atoms with Crippen LogP contribution in [0.2, 0.25) is 0 Å². The van der Waals surface area contributed by atoms with Crippen molar-refractivity contribution >= 4 is 0 Å². The van der Waals surface area contributed by atoms with Crippen LogP contribution in [0.4, 0.5) is 0 Å². The van der Waals surface area contributed by atoms with E-state index in [0.29, 0.717) is 0 Å². The van der Waals surface area contributed by atoms with Crippen molar-refractivity contribution in [3.63, 3.8) is 0 Å². The predicted molar refractivity (Wildman–Crippen MR) is 57.3 cm³/mol. The number of hydrogen-bond acceptors (Lipinski definition) is 10. The molecule has 10 heteroatoms. The molecule has 0 fully saturated rings. The third-order valence-corrected chi connectivity index (χ3v) is 2.02. The Hall–Kier alpha value is -2.52. The van der Waals surface area contributed by atoms with E-state index < -0.39 is 0 Å². The average molecular weight is 272 g/mol. The quantitative estimate of drug-likeness (QED) is 0.697. The van der Waals surface area contributed by atoms with Crippen LogP contribution >= 0.6 is 0 Å². The fraction of sp³-hybridized carbons (Fsp3) is 0.556. The number of hydrogen-bond donors (Lipinski definition) is 0. The smallest absolute Gasteiger partial charge is 0.320 e. The van der Waals surface area contributed by atoms with Crippen LogP contribution in [-0.4, -0.2) is 47.6 Å². The van der Waals surface area contributed by atoms with Crippen LogP contribution in [0.5, 0.6) is 23.5 Å². The molecule has 0 amide bonds. The first kappa shape index (κ1) is 12.9. The standard InChI is InChI=1S/C9H12N4O6/c1-5(17-9-7(15-3)11-19-13-9)4-16-8-6(14-2)10-18-12-8/h5H,4H2,1-3H3. The molecule has 0 aliphatic carbocycles. The third-order valence-electron chi connectivity index (χ3n) is 2.02. The van der Waals surface area contributed by atoms with Crippen molar-refractivity contribution in [2.75, 3.05) is 20.8 Å². The number of rotatable bonds is 7. The van der Waals surface area contributed by atoms with Crippen LogP contribution in [0.3, 0.4) is 0 Å². The van der Waals surface area contributed by atoms with Gasteiger partial charge in [-0.05, 0) is 27.6 Å². The van der Waals surface area contributed by atoms with E-state index in [0.717, 1.165) is 0 Å². The molecule has 0 aliphatic heterocycles. The molecule has 0 saturated carbocycles. The Kier molecular flexibility index (Phi) is 4.00. The Bertz CT molecular complexity index is 512. The van der Waals surface area contributed by atoms with Gasteiger partial charge in [0.1, 0.15) is 12.7 Å². The molecule has 2 aromatic rings. The first-order valence-electron chi connectivity index (χ1n) is 5.27. The first-order valence-corrected chi connectivity index (χ1v) is 5.27. The van der Waals surface area contributed by atoms with Crippen molar-refractivity contribution in [1.29, 1.82) is 0 Å². The largest absolute Gasteiger partial charge is 0.475 e. The van der Waals surface area contributed by atoms with Gasteiger partial charge in [0.05, 0.1) is 14.2 Å². The lowest BCUT2D eigenvalue weighted by molar-refractivity contribution is 0.122. The van der Waals surface area contributed by atoms with Crippen LogP contribution < -0.4 is 18.9 Å². The minimum absolute atomic E-state index is 0.142. The zero-order valence-corrected chi connectivity index (χ0v) is 10.5. The Morgan fingerprint density at radius 2 is 1.42 bits per heavy atom. The SMILES string of the molecule is COc1nonc1OCC(C)Oc1nonc1OC. The topological polar surface area (TPSA) is 115 Å². The second kappa shape index (κ2) is 5.89. The molecule has 10 nitrogen and oxygen atoms in total. The van der Waals surface area contributed by atoms with Gasteiger partial charge in [-0.3, -0.25) is 0 Å². The zero-order valence-electron chi connectivity index (χ0n) is 10.5. The van der Waals surface area contributed by atoms with Gasteiger partial charge in [-0.2, -0.15) is 0 Å². The summed E-state index contributed by atoms with van der Waals surface area (Å²) in [6.45, 7) is 1.93. The average Bonchev–Trinajstić information content (AvgIpc) is 3.04. The van der Waals surface area contributed by atoms with Crippen molar-refractivity contribution in [3.05, 3.63) is 0 Å². The van der Waals surface area contributed by atoms with Gasteiger partial charge in [-0.25, -0.2) is 9.26 Å². The summed E-state index contributed by atoms with van der Waals surface area (Å²) in [7, 11) is 2.86. The third kappa shape index (κ3) is 3.03. The second-order valence-corrected chi connectivity index (χ2v) is 3.40. The predicted octanol–water partition coefficient (Wildman–Crippen LogP) is 0.316. The van der Waals surface area contributed by atoms with Crippen molar-refractivity contribution in [3.8, 4) is 23.5 Å². The van der Waals surface area contributed by atoms with Crippen molar-refractivity contribution in [2.24, 2.45) is 0 Å². The summed E-state index contributed by atoms with van der Waals surface area (Å²) in [5.74, 6) is 0.604. The van der Waals surface area contributed by atoms with Gasteiger partial charge in [0.25, 0.3) is 0 Å². The summed E-state index contributed by atoms with van der Waals surface area (Å²) in [6, 6.07) is 0.